The number of benzene rings is 1. The van der Waals surface area contributed by atoms with Crippen LogP contribution >= 0.6 is 0 Å². The van der Waals surface area contributed by atoms with E-state index in [-0.39, 0.29) is 24.5 Å². The van der Waals surface area contributed by atoms with Gasteiger partial charge < -0.3 is 4.57 Å². The molecule has 2 aliphatic rings. The Balaban J connectivity index is 1.75. The molecule has 0 bridgehead atoms. The zero-order chi connectivity index (χ0) is 21.3. The van der Waals surface area contributed by atoms with Gasteiger partial charge in [0.05, 0.1) is 23.4 Å². The maximum atomic E-state index is 13.0. The Kier molecular flexibility index (Phi) is 4.94. The SMILES string of the molecule is O=c1nc2n(Cc3cccc(C(F)(F)F)c3)cccc-2c(=O)n1Cc1ccccn1. The van der Waals surface area contributed by atoms with Gasteiger partial charge in [-0.1, -0.05) is 18.2 Å². The summed E-state index contributed by atoms with van der Waals surface area (Å²) in [5, 5.41) is 0. The van der Waals surface area contributed by atoms with Crippen molar-refractivity contribution in [1.29, 1.82) is 0 Å². The largest absolute Gasteiger partial charge is 0.416 e. The molecule has 0 radical (unpaired) electrons. The van der Waals surface area contributed by atoms with Crippen molar-refractivity contribution in [2.75, 3.05) is 0 Å². The van der Waals surface area contributed by atoms with Gasteiger partial charge in [-0.15, -0.1) is 0 Å². The molecule has 0 spiro atoms. The van der Waals surface area contributed by atoms with Crippen molar-refractivity contribution >= 4 is 0 Å². The summed E-state index contributed by atoms with van der Waals surface area (Å²) in [5.41, 5.74) is -0.952. The van der Waals surface area contributed by atoms with Crippen molar-refractivity contribution in [2.45, 2.75) is 19.3 Å². The normalized spacial score (nSPS) is 11.7. The molecule has 1 aromatic heterocycles. The average molecular weight is 412 g/mol. The van der Waals surface area contributed by atoms with Crippen LogP contribution < -0.4 is 11.2 Å². The molecule has 9 heteroatoms. The highest BCUT2D eigenvalue weighted by molar-refractivity contribution is 5.54. The Morgan fingerprint density at radius 3 is 2.50 bits per heavy atom. The number of halogens is 3. The molecule has 0 unspecified atom stereocenters. The fourth-order valence-electron chi connectivity index (χ4n) is 3.18. The van der Waals surface area contributed by atoms with Crippen molar-refractivity contribution in [2.24, 2.45) is 0 Å². The fourth-order valence-corrected chi connectivity index (χ4v) is 3.18. The number of alkyl halides is 3. The number of hydrogen-bond acceptors (Lipinski definition) is 4. The van der Waals surface area contributed by atoms with Crippen LogP contribution in [0.4, 0.5) is 13.2 Å². The molecule has 0 saturated heterocycles. The highest BCUT2D eigenvalue weighted by Crippen LogP contribution is 2.29. The quantitative estimate of drug-likeness (QED) is 0.517. The molecule has 0 saturated carbocycles. The van der Waals surface area contributed by atoms with Crippen LogP contribution in [-0.2, 0) is 19.3 Å². The summed E-state index contributed by atoms with van der Waals surface area (Å²) in [6, 6.07) is 13.2. The summed E-state index contributed by atoms with van der Waals surface area (Å²) in [7, 11) is 0. The number of hydrogen-bond donors (Lipinski definition) is 0. The third kappa shape index (κ3) is 3.86. The van der Waals surface area contributed by atoms with Crippen LogP contribution in [0.1, 0.15) is 16.8 Å². The van der Waals surface area contributed by atoms with Crippen LogP contribution in [0, 0.1) is 0 Å². The summed E-state index contributed by atoms with van der Waals surface area (Å²) < 4.78 is 41.4. The maximum Gasteiger partial charge on any atom is 0.416 e. The first-order valence-corrected chi connectivity index (χ1v) is 8.99. The van der Waals surface area contributed by atoms with Gasteiger partial charge in [0.25, 0.3) is 5.56 Å². The molecule has 6 nitrogen and oxygen atoms in total. The highest BCUT2D eigenvalue weighted by Gasteiger charge is 2.30. The first kappa shape index (κ1) is 19.6. The summed E-state index contributed by atoms with van der Waals surface area (Å²) in [6.45, 7) is 0.00135. The van der Waals surface area contributed by atoms with Gasteiger partial charge in [0.1, 0.15) is 0 Å². The summed E-state index contributed by atoms with van der Waals surface area (Å²) in [4.78, 5) is 33.5. The molecule has 4 rings (SSSR count). The number of nitrogens with zero attached hydrogens (tertiary/aromatic N) is 4. The monoisotopic (exact) mass is 412 g/mol. The van der Waals surface area contributed by atoms with E-state index >= 15 is 0 Å². The van der Waals surface area contributed by atoms with Crippen LogP contribution in [-0.4, -0.2) is 19.1 Å². The lowest BCUT2D eigenvalue weighted by atomic mass is 10.1. The van der Waals surface area contributed by atoms with Gasteiger partial charge >= 0.3 is 11.9 Å². The number of aromatic nitrogens is 4. The molecule has 2 aromatic rings. The Hall–Kier alpha value is -3.75. The summed E-state index contributed by atoms with van der Waals surface area (Å²) in [6.07, 6.45) is -1.33. The van der Waals surface area contributed by atoms with Crippen molar-refractivity contribution in [3.8, 4) is 11.4 Å². The minimum atomic E-state index is -4.46. The van der Waals surface area contributed by atoms with Gasteiger partial charge in [-0.05, 0) is 42.0 Å². The molecule has 0 atom stereocenters. The molecule has 2 aliphatic heterocycles. The maximum absolute atomic E-state index is 13.0. The van der Waals surface area contributed by atoms with Gasteiger partial charge in [0, 0.05) is 18.9 Å². The Labute approximate surface area is 168 Å². The van der Waals surface area contributed by atoms with Crippen molar-refractivity contribution < 1.29 is 13.2 Å². The molecule has 0 N–H and O–H groups in total. The van der Waals surface area contributed by atoms with Crippen LogP contribution in [0.15, 0.2) is 76.6 Å². The third-order valence-corrected chi connectivity index (χ3v) is 4.60. The number of fused-ring (bicyclic) bond motifs is 1. The van der Waals surface area contributed by atoms with Gasteiger partial charge in [0.15, 0.2) is 5.82 Å². The lowest BCUT2D eigenvalue weighted by Gasteiger charge is -2.16. The van der Waals surface area contributed by atoms with E-state index in [9.17, 15) is 22.8 Å². The van der Waals surface area contributed by atoms with Gasteiger partial charge in [-0.2, -0.15) is 18.2 Å². The number of pyridine rings is 2. The molecule has 0 amide bonds. The lowest BCUT2D eigenvalue weighted by Crippen LogP contribution is -2.38. The van der Waals surface area contributed by atoms with Crippen LogP contribution in [0.3, 0.4) is 0 Å². The van der Waals surface area contributed by atoms with E-state index < -0.39 is 23.0 Å². The number of rotatable bonds is 4. The Bertz CT molecular complexity index is 1280. The molecular weight excluding hydrogens is 397 g/mol. The van der Waals surface area contributed by atoms with E-state index in [0.29, 0.717) is 11.3 Å². The minimum absolute atomic E-state index is 0.0238. The molecule has 152 valence electrons. The summed E-state index contributed by atoms with van der Waals surface area (Å²) >= 11 is 0. The van der Waals surface area contributed by atoms with Crippen LogP contribution in [0.5, 0.6) is 0 Å². The van der Waals surface area contributed by atoms with Gasteiger partial charge in [0.2, 0.25) is 0 Å². The molecular formula is C21H15F3N4O2. The minimum Gasteiger partial charge on any atom is -0.328 e. The topological polar surface area (TPSA) is 69.8 Å². The predicted molar refractivity (Wildman–Crippen MR) is 103 cm³/mol. The van der Waals surface area contributed by atoms with Crippen molar-refractivity contribution in [3.63, 3.8) is 0 Å². The molecule has 0 aliphatic carbocycles. The second-order valence-electron chi connectivity index (χ2n) is 6.68. The van der Waals surface area contributed by atoms with Crippen molar-refractivity contribution in [3.05, 3.63) is 105 Å². The second-order valence-corrected chi connectivity index (χ2v) is 6.68. The Morgan fingerprint density at radius 2 is 1.77 bits per heavy atom. The first-order chi connectivity index (χ1) is 14.3. The lowest BCUT2D eigenvalue weighted by molar-refractivity contribution is -0.137. The second kappa shape index (κ2) is 7.58. The molecule has 0 fully saturated rings. The zero-order valence-corrected chi connectivity index (χ0v) is 15.5. The van der Waals surface area contributed by atoms with E-state index in [4.69, 9.17) is 0 Å². The van der Waals surface area contributed by atoms with Crippen molar-refractivity contribution in [1.82, 2.24) is 19.1 Å². The smallest absolute Gasteiger partial charge is 0.328 e. The fraction of sp³-hybridized carbons (Fsp3) is 0.143. The van der Waals surface area contributed by atoms with E-state index in [2.05, 4.69) is 9.97 Å². The summed E-state index contributed by atoms with van der Waals surface area (Å²) in [5.74, 6) is 0.113. The average Bonchev–Trinajstić information content (AvgIpc) is 2.72. The zero-order valence-electron chi connectivity index (χ0n) is 15.5. The Morgan fingerprint density at radius 1 is 0.933 bits per heavy atom. The van der Waals surface area contributed by atoms with E-state index in [1.807, 2.05) is 0 Å². The molecule has 1 aromatic carbocycles. The first-order valence-electron chi connectivity index (χ1n) is 8.99. The van der Waals surface area contributed by atoms with E-state index in [0.717, 1.165) is 16.7 Å². The van der Waals surface area contributed by atoms with Crippen LogP contribution in [0.2, 0.25) is 0 Å². The predicted octanol–water partition coefficient (Wildman–Crippen LogP) is 3.02. The molecule has 30 heavy (non-hydrogen) atoms. The highest BCUT2D eigenvalue weighted by atomic mass is 19.4. The van der Waals surface area contributed by atoms with Gasteiger partial charge in [-0.25, -0.2) is 4.79 Å². The van der Waals surface area contributed by atoms with Crippen LogP contribution in [0.25, 0.3) is 11.4 Å². The third-order valence-electron chi connectivity index (χ3n) is 4.60. The molecule has 3 heterocycles. The standard InChI is InChI=1S/C21H15F3N4O2/c22-21(23,24)15-6-3-5-14(11-15)12-27-10-4-8-17-18(27)26-20(30)28(19(17)29)13-16-7-1-2-9-25-16/h1-11H,12-13H2. The van der Waals surface area contributed by atoms with E-state index in [1.165, 1.54) is 16.7 Å². The van der Waals surface area contributed by atoms with E-state index in [1.54, 1.807) is 42.7 Å². The van der Waals surface area contributed by atoms with Gasteiger partial charge in [-0.3, -0.25) is 14.3 Å².